The number of carbonyl (C=O) groups is 2. The van der Waals surface area contributed by atoms with Gasteiger partial charge < -0.3 is 34.3 Å². The molecule has 1 rings (SSSR count). The molecule has 0 bridgehead atoms. The van der Waals surface area contributed by atoms with E-state index in [4.69, 9.17) is 18.9 Å². The van der Waals surface area contributed by atoms with E-state index in [1.54, 1.807) is 0 Å². The van der Waals surface area contributed by atoms with Crippen LogP contribution in [0.3, 0.4) is 0 Å². The standard InChI is InChI=1S/C53H100O12S/c1-3-5-7-9-11-13-15-17-19-20-21-22-23-24-25-26-28-30-32-34-36-38-40-42-49(55)64-46(44-63-53-52(58)51(57)50(56)47(65-53)45-66(59,60)61)43-62-48(54)41-39-37-35-33-31-29-27-18-16-14-12-10-8-6-4-2/h35,37,46-47,50-53,56-58H,3-34,36,38-45H2,1-2H3,(H,59,60,61)/b37-35+/t46-,47-,50-,51?,52?,53+/m1/s1. The van der Waals surface area contributed by atoms with Crippen LogP contribution < -0.4 is 0 Å². The SMILES string of the molecule is CCCCCCCCCCCCC/C=C/CCC(=O)OC[C@H](CO[C@H]1O[C@H](CS(=O)(=O)O)[C@@H](O)C(O)C1O)OC(=O)CCCCCCCCCCCCCCCCCCCCCCCCC. The van der Waals surface area contributed by atoms with Crippen molar-refractivity contribution in [3.63, 3.8) is 0 Å². The van der Waals surface area contributed by atoms with Crippen LogP contribution in [0.25, 0.3) is 0 Å². The van der Waals surface area contributed by atoms with Gasteiger partial charge in [-0.05, 0) is 25.7 Å². The first kappa shape index (κ1) is 62.4. The summed E-state index contributed by atoms with van der Waals surface area (Å²) in [5, 5.41) is 31.0. The predicted molar refractivity (Wildman–Crippen MR) is 266 cm³/mol. The Morgan fingerprint density at radius 3 is 1.32 bits per heavy atom. The fourth-order valence-corrected chi connectivity index (χ4v) is 9.33. The molecule has 66 heavy (non-hydrogen) atoms. The predicted octanol–water partition coefficient (Wildman–Crippen LogP) is 12.6. The van der Waals surface area contributed by atoms with Gasteiger partial charge in [-0.2, -0.15) is 8.42 Å². The van der Waals surface area contributed by atoms with Gasteiger partial charge in [0.25, 0.3) is 10.1 Å². The molecule has 1 saturated heterocycles. The van der Waals surface area contributed by atoms with E-state index in [0.717, 1.165) is 32.1 Å². The molecule has 6 atom stereocenters. The molecule has 1 aliphatic rings. The van der Waals surface area contributed by atoms with Crippen LogP contribution in [0.5, 0.6) is 0 Å². The van der Waals surface area contributed by atoms with Crippen molar-refractivity contribution in [1.82, 2.24) is 0 Å². The lowest BCUT2D eigenvalue weighted by atomic mass is 10.00. The molecule has 1 heterocycles. The highest BCUT2D eigenvalue weighted by Gasteiger charge is 2.46. The summed E-state index contributed by atoms with van der Waals surface area (Å²) in [6.07, 6.45) is 39.9. The maximum Gasteiger partial charge on any atom is 0.306 e. The zero-order valence-corrected chi connectivity index (χ0v) is 42.9. The van der Waals surface area contributed by atoms with Gasteiger partial charge in [-0.1, -0.05) is 231 Å². The Kier molecular flexibility index (Phi) is 41.0. The largest absolute Gasteiger partial charge is 0.462 e. The molecule has 4 N–H and O–H groups in total. The highest BCUT2D eigenvalue weighted by Crippen LogP contribution is 2.24. The summed E-state index contributed by atoms with van der Waals surface area (Å²) in [6.45, 7) is 3.78. The van der Waals surface area contributed by atoms with Crippen molar-refractivity contribution >= 4 is 22.1 Å². The normalized spacial score (nSPS) is 19.4. The third kappa shape index (κ3) is 37.3. The molecule has 0 saturated carbocycles. The molecule has 0 aromatic rings. The van der Waals surface area contributed by atoms with Crippen LogP contribution in [0.2, 0.25) is 0 Å². The second kappa shape index (κ2) is 43.4. The number of hydrogen-bond acceptors (Lipinski definition) is 11. The molecule has 0 spiro atoms. The number of carbonyl (C=O) groups excluding carboxylic acids is 2. The lowest BCUT2D eigenvalue weighted by Crippen LogP contribution is -2.60. The van der Waals surface area contributed by atoms with Gasteiger partial charge in [-0.15, -0.1) is 0 Å². The smallest absolute Gasteiger partial charge is 0.306 e. The van der Waals surface area contributed by atoms with Gasteiger partial charge in [-0.3, -0.25) is 14.1 Å². The van der Waals surface area contributed by atoms with Crippen LogP contribution in [0.4, 0.5) is 0 Å². The second-order valence-electron chi connectivity index (χ2n) is 19.3. The van der Waals surface area contributed by atoms with Gasteiger partial charge in [0.05, 0.1) is 6.61 Å². The molecule has 390 valence electrons. The maximum absolute atomic E-state index is 12.9. The third-order valence-electron chi connectivity index (χ3n) is 12.9. The Balaban J connectivity index is 2.32. The van der Waals surface area contributed by atoms with Crippen molar-refractivity contribution < 1.29 is 56.8 Å². The topological polar surface area (TPSA) is 186 Å². The third-order valence-corrected chi connectivity index (χ3v) is 13.6. The summed E-state index contributed by atoms with van der Waals surface area (Å²) >= 11 is 0. The number of unbranched alkanes of at least 4 members (excludes halogenated alkanes) is 33. The Morgan fingerprint density at radius 1 is 0.500 bits per heavy atom. The summed E-state index contributed by atoms with van der Waals surface area (Å²) in [4.78, 5) is 25.5. The molecule has 0 aromatic heterocycles. The lowest BCUT2D eigenvalue weighted by molar-refractivity contribution is -0.297. The van der Waals surface area contributed by atoms with E-state index in [1.807, 2.05) is 6.08 Å². The van der Waals surface area contributed by atoms with E-state index >= 15 is 0 Å². The molecule has 0 aliphatic carbocycles. The number of aliphatic hydroxyl groups excluding tert-OH is 3. The Hall–Kier alpha value is -1.61. The highest BCUT2D eigenvalue weighted by molar-refractivity contribution is 7.85. The van der Waals surface area contributed by atoms with E-state index in [0.29, 0.717) is 12.8 Å². The Labute approximate surface area is 403 Å². The molecule has 1 fully saturated rings. The molecule has 0 amide bonds. The van der Waals surface area contributed by atoms with Crippen LogP contribution in [0.15, 0.2) is 12.2 Å². The van der Waals surface area contributed by atoms with E-state index in [9.17, 15) is 37.9 Å². The monoisotopic (exact) mass is 961 g/mol. The first-order valence-corrected chi connectivity index (χ1v) is 28.9. The zero-order chi connectivity index (χ0) is 48.4. The van der Waals surface area contributed by atoms with E-state index in [2.05, 4.69) is 19.9 Å². The quantitative estimate of drug-likeness (QED) is 0.0196. The fourth-order valence-electron chi connectivity index (χ4n) is 8.64. The molecule has 1 aliphatic heterocycles. The van der Waals surface area contributed by atoms with Gasteiger partial charge in [0.15, 0.2) is 12.4 Å². The van der Waals surface area contributed by atoms with Gasteiger partial charge in [-0.25, -0.2) is 0 Å². The minimum atomic E-state index is -4.61. The summed E-state index contributed by atoms with van der Waals surface area (Å²) in [5.74, 6) is -2.02. The first-order valence-electron chi connectivity index (χ1n) is 27.2. The van der Waals surface area contributed by atoms with Gasteiger partial charge in [0.1, 0.15) is 36.8 Å². The van der Waals surface area contributed by atoms with Crippen LogP contribution >= 0.6 is 0 Å². The lowest BCUT2D eigenvalue weighted by Gasteiger charge is -2.40. The fraction of sp³-hybridized carbons (Fsp3) is 0.925. The minimum Gasteiger partial charge on any atom is -0.462 e. The summed E-state index contributed by atoms with van der Waals surface area (Å²) in [5.41, 5.74) is 0. The van der Waals surface area contributed by atoms with E-state index in [-0.39, 0.29) is 19.4 Å². The molecule has 2 unspecified atom stereocenters. The van der Waals surface area contributed by atoms with E-state index in [1.165, 1.54) is 186 Å². The number of rotatable bonds is 47. The van der Waals surface area contributed by atoms with Crippen molar-refractivity contribution in [3.05, 3.63) is 12.2 Å². The molecular formula is C53H100O12S. The summed E-state index contributed by atoms with van der Waals surface area (Å²) in [6, 6.07) is 0. The molecular weight excluding hydrogens is 861 g/mol. The van der Waals surface area contributed by atoms with Crippen molar-refractivity contribution in [2.75, 3.05) is 19.0 Å². The van der Waals surface area contributed by atoms with Gasteiger partial charge in [0.2, 0.25) is 0 Å². The van der Waals surface area contributed by atoms with Crippen molar-refractivity contribution in [2.45, 2.75) is 295 Å². The van der Waals surface area contributed by atoms with Gasteiger partial charge in [0, 0.05) is 12.8 Å². The van der Waals surface area contributed by atoms with Crippen LogP contribution in [-0.2, 0) is 38.7 Å². The van der Waals surface area contributed by atoms with Crippen LogP contribution in [-0.4, -0.2) is 96.0 Å². The average molecular weight is 961 g/mol. The van der Waals surface area contributed by atoms with Crippen molar-refractivity contribution in [1.29, 1.82) is 0 Å². The number of aliphatic hydroxyl groups is 3. The number of ether oxygens (including phenoxy) is 4. The minimum absolute atomic E-state index is 0.141. The highest BCUT2D eigenvalue weighted by atomic mass is 32.2. The maximum atomic E-state index is 12.9. The number of esters is 2. The zero-order valence-electron chi connectivity index (χ0n) is 42.1. The molecule has 0 radical (unpaired) electrons. The molecule has 12 nitrogen and oxygen atoms in total. The number of allylic oxidation sites excluding steroid dienone is 2. The average Bonchev–Trinajstić information content (AvgIpc) is 3.28. The van der Waals surface area contributed by atoms with Crippen LogP contribution in [0, 0.1) is 0 Å². The Bertz CT molecular complexity index is 1260. The molecule has 13 heteroatoms. The van der Waals surface area contributed by atoms with Crippen molar-refractivity contribution in [2.24, 2.45) is 0 Å². The van der Waals surface area contributed by atoms with Gasteiger partial charge >= 0.3 is 11.9 Å². The van der Waals surface area contributed by atoms with Crippen LogP contribution in [0.1, 0.15) is 258 Å². The summed E-state index contributed by atoms with van der Waals surface area (Å²) in [7, 11) is -4.61. The molecule has 0 aromatic carbocycles. The second-order valence-corrected chi connectivity index (χ2v) is 20.8. The number of hydrogen-bond donors (Lipinski definition) is 4. The first-order chi connectivity index (χ1) is 32.0. The van der Waals surface area contributed by atoms with E-state index < -0.39 is 71.2 Å². The Morgan fingerprint density at radius 2 is 0.894 bits per heavy atom. The summed E-state index contributed by atoms with van der Waals surface area (Å²) < 4.78 is 54.2. The van der Waals surface area contributed by atoms with Crippen molar-refractivity contribution in [3.8, 4) is 0 Å².